The number of benzene rings is 1. The van der Waals surface area contributed by atoms with E-state index >= 15 is 0 Å². The Morgan fingerprint density at radius 3 is 2.84 bits per heavy atom. The summed E-state index contributed by atoms with van der Waals surface area (Å²) in [6.07, 6.45) is 5.20. The van der Waals surface area contributed by atoms with Crippen LogP contribution in [-0.2, 0) is 11.2 Å². The lowest BCUT2D eigenvalue weighted by Crippen LogP contribution is -2.34. The van der Waals surface area contributed by atoms with Crippen LogP contribution in [0.15, 0.2) is 24.3 Å². The maximum absolute atomic E-state index is 12.5. The molecule has 2 heteroatoms. The predicted octanol–water partition coefficient (Wildman–Crippen LogP) is 4.02. The molecule has 0 N–H and O–H groups in total. The minimum atomic E-state index is 0.161. The summed E-state index contributed by atoms with van der Waals surface area (Å²) in [6, 6.07) is 7.84. The quantitative estimate of drug-likeness (QED) is 0.817. The third kappa shape index (κ3) is 3.37. The largest absolute Gasteiger partial charge is 0.497 e. The number of carbonyl (C=O) groups excluding carboxylic acids is 1. The van der Waals surface area contributed by atoms with Gasteiger partial charge in [-0.2, -0.15) is 0 Å². The molecule has 2 nitrogen and oxygen atoms in total. The number of hydrogen-bond acceptors (Lipinski definition) is 2. The van der Waals surface area contributed by atoms with Crippen molar-refractivity contribution in [2.75, 3.05) is 7.11 Å². The van der Waals surface area contributed by atoms with Gasteiger partial charge in [0.1, 0.15) is 11.5 Å². The number of hydrogen-bond donors (Lipinski definition) is 0. The van der Waals surface area contributed by atoms with Crippen LogP contribution in [0.3, 0.4) is 0 Å². The van der Waals surface area contributed by atoms with E-state index in [-0.39, 0.29) is 11.3 Å². The van der Waals surface area contributed by atoms with Gasteiger partial charge in [-0.05, 0) is 36.0 Å². The lowest BCUT2D eigenvalue weighted by molar-refractivity contribution is -0.127. The van der Waals surface area contributed by atoms with E-state index in [0.29, 0.717) is 12.2 Å². The first-order valence-electron chi connectivity index (χ1n) is 7.18. The van der Waals surface area contributed by atoms with Crippen LogP contribution in [0, 0.1) is 11.3 Å². The molecular weight excluding hydrogens is 236 g/mol. The monoisotopic (exact) mass is 260 g/mol. The Morgan fingerprint density at radius 1 is 1.37 bits per heavy atom. The molecule has 0 heterocycles. The highest BCUT2D eigenvalue weighted by atomic mass is 16.5. The second-order valence-electron chi connectivity index (χ2n) is 6.28. The van der Waals surface area contributed by atoms with Gasteiger partial charge in [0.2, 0.25) is 0 Å². The Kier molecular flexibility index (Phi) is 4.28. The maximum atomic E-state index is 12.5. The van der Waals surface area contributed by atoms with E-state index in [2.05, 4.69) is 13.8 Å². The lowest BCUT2D eigenvalue weighted by atomic mass is 9.66. The number of Topliss-reactive ketones (excluding diaryl/α,β-unsaturated/α-hetero) is 1. The molecule has 0 saturated heterocycles. The van der Waals surface area contributed by atoms with Crippen molar-refractivity contribution in [3.05, 3.63) is 29.8 Å². The molecule has 1 saturated carbocycles. The van der Waals surface area contributed by atoms with Crippen LogP contribution < -0.4 is 4.74 Å². The van der Waals surface area contributed by atoms with Crippen LogP contribution >= 0.6 is 0 Å². The molecule has 0 radical (unpaired) electrons. The molecule has 1 aliphatic rings. The molecule has 104 valence electrons. The van der Waals surface area contributed by atoms with E-state index in [4.69, 9.17) is 4.74 Å². The topological polar surface area (TPSA) is 26.3 Å². The second-order valence-corrected chi connectivity index (χ2v) is 6.28. The summed E-state index contributed by atoms with van der Waals surface area (Å²) < 4.78 is 5.21. The lowest BCUT2D eigenvalue weighted by Gasteiger charge is -2.37. The van der Waals surface area contributed by atoms with Gasteiger partial charge in [0, 0.05) is 12.3 Å². The van der Waals surface area contributed by atoms with Crippen LogP contribution in [0.1, 0.15) is 45.1 Å². The van der Waals surface area contributed by atoms with Gasteiger partial charge in [-0.15, -0.1) is 0 Å². The highest BCUT2D eigenvalue weighted by molar-refractivity contribution is 5.84. The van der Waals surface area contributed by atoms with Crippen molar-refractivity contribution in [2.24, 2.45) is 11.3 Å². The van der Waals surface area contributed by atoms with Crippen LogP contribution in [0.5, 0.6) is 5.75 Å². The van der Waals surface area contributed by atoms with E-state index in [1.54, 1.807) is 7.11 Å². The molecule has 1 aliphatic carbocycles. The Labute approximate surface area is 116 Å². The van der Waals surface area contributed by atoms with E-state index in [9.17, 15) is 4.79 Å². The van der Waals surface area contributed by atoms with Crippen LogP contribution in [-0.4, -0.2) is 12.9 Å². The van der Waals surface area contributed by atoms with Gasteiger partial charge in [-0.1, -0.05) is 38.8 Å². The predicted molar refractivity (Wildman–Crippen MR) is 77.4 cm³/mol. The summed E-state index contributed by atoms with van der Waals surface area (Å²) in [7, 11) is 1.66. The molecule has 19 heavy (non-hydrogen) atoms. The average molecular weight is 260 g/mol. The Balaban J connectivity index is 2.07. The van der Waals surface area contributed by atoms with Crippen LogP contribution in [0.2, 0.25) is 0 Å². The van der Waals surface area contributed by atoms with Gasteiger partial charge in [0.05, 0.1) is 7.11 Å². The van der Waals surface area contributed by atoms with Crippen LogP contribution in [0.25, 0.3) is 0 Å². The molecule has 0 bridgehead atoms. The standard InChI is InChI=1S/C17H24O2/c1-17(2)10-5-4-9-15(17)16(18)12-13-7-6-8-14(11-13)19-3/h6-8,11,15H,4-5,9-10,12H2,1-3H3. The van der Waals surface area contributed by atoms with Gasteiger partial charge >= 0.3 is 0 Å². The zero-order valence-electron chi connectivity index (χ0n) is 12.2. The van der Waals surface area contributed by atoms with Gasteiger partial charge in [0.15, 0.2) is 0 Å². The zero-order chi connectivity index (χ0) is 13.9. The third-order valence-corrected chi connectivity index (χ3v) is 4.41. The molecule has 0 aromatic heterocycles. The van der Waals surface area contributed by atoms with E-state index in [1.165, 1.54) is 19.3 Å². The first-order chi connectivity index (χ1) is 9.03. The third-order valence-electron chi connectivity index (χ3n) is 4.41. The van der Waals surface area contributed by atoms with Crippen molar-refractivity contribution >= 4 is 5.78 Å². The van der Waals surface area contributed by atoms with E-state index in [0.717, 1.165) is 17.7 Å². The zero-order valence-corrected chi connectivity index (χ0v) is 12.2. The summed E-state index contributed by atoms with van der Waals surface area (Å²) in [4.78, 5) is 12.5. The van der Waals surface area contributed by atoms with Crippen molar-refractivity contribution in [1.29, 1.82) is 0 Å². The molecular formula is C17H24O2. The summed E-state index contributed by atoms with van der Waals surface area (Å²) in [5.74, 6) is 1.43. The summed E-state index contributed by atoms with van der Waals surface area (Å²) in [6.45, 7) is 4.47. The average Bonchev–Trinajstić information content (AvgIpc) is 2.38. The highest BCUT2D eigenvalue weighted by Gasteiger charge is 2.36. The minimum absolute atomic E-state index is 0.161. The summed E-state index contributed by atoms with van der Waals surface area (Å²) >= 11 is 0. The Morgan fingerprint density at radius 2 is 2.16 bits per heavy atom. The minimum Gasteiger partial charge on any atom is -0.497 e. The summed E-state index contributed by atoms with van der Waals surface area (Å²) in [5, 5.41) is 0. The Bertz CT molecular complexity index is 448. The first kappa shape index (κ1) is 14.1. The number of ketones is 1. The van der Waals surface area contributed by atoms with E-state index in [1.807, 2.05) is 24.3 Å². The molecule has 1 atom stereocenters. The smallest absolute Gasteiger partial charge is 0.140 e. The molecule has 0 amide bonds. The molecule has 0 aliphatic heterocycles. The Hall–Kier alpha value is -1.31. The van der Waals surface area contributed by atoms with Crippen LogP contribution in [0.4, 0.5) is 0 Å². The molecule has 0 spiro atoms. The van der Waals surface area contributed by atoms with Gasteiger partial charge in [-0.25, -0.2) is 0 Å². The second kappa shape index (κ2) is 5.77. The van der Waals surface area contributed by atoms with E-state index < -0.39 is 0 Å². The molecule has 1 unspecified atom stereocenters. The van der Waals surface area contributed by atoms with Crippen molar-refractivity contribution < 1.29 is 9.53 Å². The molecule has 1 fully saturated rings. The van der Waals surface area contributed by atoms with Crippen molar-refractivity contribution in [3.8, 4) is 5.75 Å². The first-order valence-corrected chi connectivity index (χ1v) is 7.18. The van der Waals surface area contributed by atoms with Gasteiger partial charge < -0.3 is 4.74 Å². The van der Waals surface area contributed by atoms with Crippen molar-refractivity contribution in [2.45, 2.75) is 46.0 Å². The van der Waals surface area contributed by atoms with Gasteiger partial charge in [-0.3, -0.25) is 4.79 Å². The summed E-state index contributed by atoms with van der Waals surface area (Å²) in [5.41, 5.74) is 1.22. The fourth-order valence-corrected chi connectivity index (χ4v) is 3.20. The fraction of sp³-hybridized carbons (Fsp3) is 0.588. The normalized spacial score (nSPS) is 21.9. The van der Waals surface area contributed by atoms with Crippen molar-refractivity contribution in [1.82, 2.24) is 0 Å². The number of carbonyl (C=O) groups is 1. The fourth-order valence-electron chi connectivity index (χ4n) is 3.20. The maximum Gasteiger partial charge on any atom is 0.140 e. The van der Waals surface area contributed by atoms with Crippen molar-refractivity contribution in [3.63, 3.8) is 0 Å². The SMILES string of the molecule is COc1cccc(CC(=O)C2CCCCC2(C)C)c1. The highest BCUT2D eigenvalue weighted by Crippen LogP contribution is 2.41. The number of rotatable bonds is 4. The van der Waals surface area contributed by atoms with Gasteiger partial charge in [0.25, 0.3) is 0 Å². The molecule has 2 rings (SSSR count). The molecule has 1 aromatic rings. The number of ether oxygens (including phenoxy) is 1. The number of methoxy groups -OCH3 is 1. The molecule has 1 aromatic carbocycles.